The molecule has 2 N–H and O–H groups in total. The first-order valence-electron chi connectivity index (χ1n) is 6.51. The first-order chi connectivity index (χ1) is 9.18. The Morgan fingerprint density at radius 2 is 2.16 bits per heavy atom. The van der Waals surface area contributed by atoms with E-state index in [0.29, 0.717) is 44.5 Å². The second kappa shape index (κ2) is 5.20. The predicted octanol–water partition coefficient (Wildman–Crippen LogP) is -0.317. The molecule has 0 bridgehead atoms. The Labute approximate surface area is 112 Å². The first-order valence-corrected chi connectivity index (χ1v) is 7.95. The molecule has 19 heavy (non-hydrogen) atoms. The van der Waals surface area contributed by atoms with Gasteiger partial charge in [-0.05, 0) is 12.8 Å². The molecule has 0 atom stereocenters. The molecule has 0 unspecified atom stereocenters. The maximum Gasteiger partial charge on any atom is 0.260 e. The molecule has 7 nitrogen and oxygen atoms in total. The molecule has 1 aliphatic carbocycles. The van der Waals surface area contributed by atoms with Gasteiger partial charge in [-0.25, -0.2) is 8.42 Å². The highest BCUT2D eigenvalue weighted by atomic mass is 32.2. The quantitative estimate of drug-likeness (QED) is 0.775. The molecule has 1 saturated heterocycles. The normalized spacial score (nSPS) is 21.7. The highest BCUT2D eigenvalue weighted by Gasteiger charge is 2.30. The van der Waals surface area contributed by atoms with Gasteiger partial charge in [0.25, 0.3) is 10.0 Å². The van der Waals surface area contributed by atoms with Crippen LogP contribution in [0.3, 0.4) is 0 Å². The van der Waals surface area contributed by atoms with Gasteiger partial charge in [0.15, 0.2) is 5.03 Å². The van der Waals surface area contributed by atoms with Gasteiger partial charge in [0, 0.05) is 31.2 Å². The van der Waals surface area contributed by atoms with E-state index in [-0.39, 0.29) is 5.03 Å². The fraction of sp³-hybridized carbons (Fsp3) is 0.727. The number of aromatic nitrogens is 2. The zero-order valence-electron chi connectivity index (χ0n) is 10.6. The topological polar surface area (TPSA) is 87.3 Å². The van der Waals surface area contributed by atoms with Crippen LogP contribution in [-0.2, 0) is 21.3 Å². The number of rotatable bonds is 5. The van der Waals surface area contributed by atoms with Crippen LogP contribution in [0.5, 0.6) is 0 Å². The van der Waals surface area contributed by atoms with Crippen molar-refractivity contribution in [2.75, 3.05) is 26.3 Å². The van der Waals surface area contributed by atoms with E-state index in [4.69, 9.17) is 4.74 Å². The third-order valence-corrected chi connectivity index (χ3v) is 5.32. The Morgan fingerprint density at radius 3 is 2.84 bits per heavy atom. The second-order valence-electron chi connectivity index (χ2n) is 4.90. The molecule has 0 spiro atoms. The van der Waals surface area contributed by atoms with Gasteiger partial charge in [0.1, 0.15) is 0 Å². The Hall–Kier alpha value is -0.960. The lowest BCUT2D eigenvalue weighted by atomic mass is 10.3. The minimum atomic E-state index is -3.48. The largest absolute Gasteiger partial charge is 0.379 e. The summed E-state index contributed by atoms with van der Waals surface area (Å²) in [5, 5.41) is 10.0. The molecule has 2 heterocycles. The summed E-state index contributed by atoms with van der Waals surface area (Å²) in [5.74, 6) is 0. The summed E-state index contributed by atoms with van der Waals surface area (Å²) >= 11 is 0. The third kappa shape index (κ3) is 2.81. The van der Waals surface area contributed by atoms with Gasteiger partial charge in [0.2, 0.25) is 0 Å². The summed E-state index contributed by atoms with van der Waals surface area (Å²) in [7, 11) is -3.48. The van der Waals surface area contributed by atoms with Crippen molar-refractivity contribution in [3.8, 4) is 0 Å². The predicted molar refractivity (Wildman–Crippen MR) is 68.0 cm³/mol. The third-order valence-electron chi connectivity index (χ3n) is 3.40. The summed E-state index contributed by atoms with van der Waals surface area (Å²) in [6.07, 6.45) is 3.93. The Morgan fingerprint density at radius 1 is 1.42 bits per heavy atom. The van der Waals surface area contributed by atoms with Crippen molar-refractivity contribution in [3.63, 3.8) is 0 Å². The number of H-pyrrole nitrogens is 1. The molecule has 1 aromatic heterocycles. The molecule has 1 aromatic rings. The summed E-state index contributed by atoms with van der Waals surface area (Å²) < 4.78 is 31.6. The van der Waals surface area contributed by atoms with Crippen LogP contribution in [-0.4, -0.2) is 55.3 Å². The molecule has 1 aliphatic heterocycles. The number of ether oxygens (including phenoxy) is 1. The van der Waals surface area contributed by atoms with Crippen molar-refractivity contribution in [2.24, 2.45) is 0 Å². The molecule has 0 aromatic carbocycles. The van der Waals surface area contributed by atoms with E-state index in [1.54, 1.807) is 6.20 Å². The van der Waals surface area contributed by atoms with E-state index in [1.807, 2.05) is 0 Å². The van der Waals surface area contributed by atoms with Gasteiger partial charge in [-0.15, -0.1) is 0 Å². The minimum absolute atomic E-state index is 0.211. The fourth-order valence-corrected chi connectivity index (χ4v) is 3.62. The number of hydrogen-bond donors (Lipinski definition) is 2. The summed E-state index contributed by atoms with van der Waals surface area (Å²) in [5.41, 5.74) is 0.707. The summed E-state index contributed by atoms with van der Waals surface area (Å²) in [6, 6.07) is 0.536. The fourth-order valence-electron chi connectivity index (χ4n) is 2.11. The average molecular weight is 286 g/mol. The Balaban J connectivity index is 1.77. The SMILES string of the molecule is O=S(=O)(c1[nH]ncc1CNC1CC1)N1CCOCC1. The Bertz CT molecular complexity index is 532. The van der Waals surface area contributed by atoms with Crippen LogP contribution in [0.4, 0.5) is 0 Å². The van der Waals surface area contributed by atoms with Gasteiger partial charge in [-0.1, -0.05) is 0 Å². The van der Waals surface area contributed by atoms with Crippen LogP contribution in [0.2, 0.25) is 0 Å². The van der Waals surface area contributed by atoms with Gasteiger partial charge < -0.3 is 10.1 Å². The highest BCUT2D eigenvalue weighted by molar-refractivity contribution is 7.89. The molecular formula is C11H18N4O3S. The second-order valence-corrected chi connectivity index (χ2v) is 6.77. The van der Waals surface area contributed by atoms with E-state index < -0.39 is 10.0 Å². The molecule has 8 heteroatoms. The molecule has 0 amide bonds. The minimum Gasteiger partial charge on any atom is -0.379 e. The van der Waals surface area contributed by atoms with Crippen LogP contribution >= 0.6 is 0 Å². The lowest BCUT2D eigenvalue weighted by molar-refractivity contribution is 0.0729. The zero-order valence-corrected chi connectivity index (χ0v) is 11.4. The highest BCUT2D eigenvalue weighted by Crippen LogP contribution is 2.22. The van der Waals surface area contributed by atoms with Crippen LogP contribution in [0.25, 0.3) is 0 Å². The van der Waals surface area contributed by atoms with E-state index in [0.717, 1.165) is 0 Å². The van der Waals surface area contributed by atoms with Gasteiger partial charge in [-0.3, -0.25) is 5.10 Å². The van der Waals surface area contributed by atoms with E-state index in [2.05, 4.69) is 15.5 Å². The van der Waals surface area contributed by atoms with Crippen molar-refractivity contribution < 1.29 is 13.2 Å². The standard InChI is InChI=1S/C11H18N4O3S/c16-19(17,15-3-5-18-6-4-15)11-9(8-13-14-11)7-12-10-1-2-10/h8,10,12H,1-7H2,(H,13,14). The van der Waals surface area contributed by atoms with E-state index in [9.17, 15) is 8.42 Å². The molecule has 2 fully saturated rings. The van der Waals surface area contributed by atoms with Crippen molar-refractivity contribution >= 4 is 10.0 Å². The van der Waals surface area contributed by atoms with E-state index in [1.165, 1.54) is 17.1 Å². The van der Waals surface area contributed by atoms with Crippen LogP contribution in [0, 0.1) is 0 Å². The number of morpholine rings is 1. The summed E-state index contributed by atoms with van der Waals surface area (Å²) in [4.78, 5) is 0. The van der Waals surface area contributed by atoms with Crippen molar-refractivity contribution in [2.45, 2.75) is 30.5 Å². The number of hydrogen-bond acceptors (Lipinski definition) is 5. The molecular weight excluding hydrogens is 268 g/mol. The summed E-state index contributed by atoms with van der Waals surface area (Å²) in [6.45, 7) is 2.24. The van der Waals surface area contributed by atoms with Crippen LogP contribution in [0.15, 0.2) is 11.2 Å². The van der Waals surface area contributed by atoms with Gasteiger partial charge in [0.05, 0.1) is 19.4 Å². The first kappa shape index (κ1) is 13.0. The van der Waals surface area contributed by atoms with Gasteiger partial charge in [-0.2, -0.15) is 9.40 Å². The van der Waals surface area contributed by atoms with Crippen LogP contribution in [0.1, 0.15) is 18.4 Å². The van der Waals surface area contributed by atoms with Crippen molar-refractivity contribution in [1.82, 2.24) is 19.8 Å². The molecule has 106 valence electrons. The lowest BCUT2D eigenvalue weighted by Crippen LogP contribution is -2.41. The Kier molecular flexibility index (Phi) is 3.57. The zero-order chi connectivity index (χ0) is 13.3. The van der Waals surface area contributed by atoms with Gasteiger partial charge >= 0.3 is 0 Å². The van der Waals surface area contributed by atoms with Crippen molar-refractivity contribution in [3.05, 3.63) is 11.8 Å². The number of aromatic amines is 1. The molecule has 1 saturated carbocycles. The molecule has 3 rings (SSSR count). The number of sulfonamides is 1. The maximum absolute atomic E-state index is 12.5. The van der Waals surface area contributed by atoms with Crippen LogP contribution < -0.4 is 5.32 Å². The van der Waals surface area contributed by atoms with Crippen molar-refractivity contribution in [1.29, 1.82) is 0 Å². The molecule has 2 aliphatic rings. The maximum atomic E-state index is 12.5. The molecule has 0 radical (unpaired) electrons. The lowest BCUT2D eigenvalue weighted by Gasteiger charge is -2.25. The smallest absolute Gasteiger partial charge is 0.260 e. The van der Waals surface area contributed by atoms with E-state index >= 15 is 0 Å². The average Bonchev–Trinajstić information content (AvgIpc) is 3.13. The number of nitrogens with one attached hydrogen (secondary N) is 2. The number of nitrogens with zero attached hydrogens (tertiary/aromatic N) is 2. The monoisotopic (exact) mass is 286 g/mol.